The van der Waals surface area contributed by atoms with Gasteiger partial charge in [-0.2, -0.15) is 0 Å². The Kier molecular flexibility index (Phi) is 5.50. The summed E-state index contributed by atoms with van der Waals surface area (Å²) >= 11 is 1.67. The first-order chi connectivity index (χ1) is 10.1. The Hall–Kier alpha value is -1.69. The summed E-state index contributed by atoms with van der Waals surface area (Å²) < 4.78 is 5.90. The molecule has 21 heavy (non-hydrogen) atoms. The van der Waals surface area contributed by atoms with Crippen molar-refractivity contribution in [3.05, 3.63) is 28.0 Å². The van der Waals surface area contributed by atoms with Crippen LogP contribution in [-0.4, -0.2) is 28.1 Å². The average Bonchev–Trinajstić information content (AvgIpc) is 2.85. The Labute approximate surface area is 129 Å². The van der Waals surface area contributed by atoms with Gasteiger partial charge < -0.3 is 10.1 Å². The van der Waals surface area contributed by atoms with Crippen molar-refractivity contribution in [1.29, 1.82) is 0 Å². The molecule has 0 amide bonds. The first-order valence-electron chi connectivity index (χ1n) is 7.24. The van der Waals surface area contributed by atoms with Gasteiger partial charge in [0.1, 0.15) is 12.1 Å². The molecular formula is C15H22N4OS. The third kappa shape index (κ3) is 3.91. The van der Waals surface area contributed by atoms with Crippen LogP contribution in [0.3, 0.4) is 0 Å². The summed E-state index contributed by atoms with van der Waals surface area (Å²) in [4.78, 5) is 14.1. The predicted octanol–water partition coefficient (Wildman–Crippen LogP) is 3.42. The highest BCUT2D eigenvalue weighted by Gasteiger charge is 2.16. The van der Waals surface area contributed by atoms with Gasteiger partial charge in [0.05, 0.1) is 23.4 Å². The third-order valence-electron chi connectivity index (χ3n) is 3.18. The first-order valence-corrected chi connectivity index (χ1v) is 8.12. The van der Waals surface area contributed by atoms with Gasteiger partial charge in [-0.3, -0.25) is 0 Å². The number of aryl methyl sites for hydroxylation is 1. The zero-order valence-corrected chi connectivity index (χ0v) is 13.8. The largest absolute Gasteiger partial charge is 0.477 e. The predicted molar refractivity (Wildman–Crippen MR) is 86.3 cm³/mol. The van der Waals surface area contributed by atoms with E-state index in [4.69, 9.17) is 4.74 Å². The van der Waals surface area contributed by atoms with E-state index in [0.717, 1.165) is 30.0 Å². The van der Waals surface area contributed by atoms with Crippen LogP contribution < -0.4 is 10.1 Å². The number of ether oxygens (including phenoxy) is 1. The summed E-state index contributed by atoms with van der Waals surface area (Å²) in [6.45, 7) is 9.76. The van der Waals surface area contributed by atoms with Crippen LogP contribution in [0.25, 0.3) is 0 Å². The van der Waals surface area contributed by atoms with Crippen molar-refractivity contribution in [3.8, 4) is 5.88 Å². The summed E-state index contributed by atoms with van der Waals surface area (Å²) in [5, 5.41) is 3.27. The first kappa shape index (κ1) is 15.7. The molecule has 0 aliphatic rings. The maximum Gasteiger partial charge on any atom is 0.222 e. The standard InChI is InChI=1S/C15H22N4OS/c1-5-16-14-13(10(2)3)15(18-8-17-14)20-7-6-12-11(4)19-9-21-12/h8-10H,5-7H2,1-4H3,(H,16,17,18). The molecule has 0 radical (unpaired) electrons. The maximum absolute atomic E-state index is 5.90. The summed E-state index contributed by atoms with van der Waals surface area (Å²) in [5.74, 6) is 1.85. The van der Waals surface area contributed by atoms with Crippen molar-refractivity contribution in [2.75, 3.05) is 18.5 Å². The van der Waals surface area contributed by atoms with Crippen molar-refractivity contribution < 1.29 is 4.74 Å². The summed E-state index contributed by atoms with van der Waals surface area (Å²) in [6.07, 6.45) is 2.41. The third-order valence-corrected chi connectivity index (χ3v) is 4.18. The van der Waals surface area contributed by atoms with Crippen LogP contribution in [0.1, 0.15) is 42.8 Å². The van der Waals surface area contributed by atoms with E-state index >= 15 is 0 Å². The molecule has 2 aromatic rings. The molecule has 0 atom stereocenters. The molecule has 0 spiro atoms. The molecule has 2 heterocycles. The van der Waals surface area contributed by atoms with E-state index in [2.05, 4.69) is 41.0 Å². The van der Waals surface area contributed by atoms with Crippen LogP contribution in [0.4, 0.5) is 5.82 Å². The average molecular weight is 306 g/mol. The quantitative estimate of drug-likeness (QED) is 0.849. The Bertz CT molecular complexity index is 583. The molecule has 5 nitrogen and oxygen atoms in total. The number of nitrogens with one attached hydrogen (secondary N) is 1. The fourth-order valence-corrected chi connectivity index (χ4v) is 2.89. The fraction of sp³-hybridized carbons (Fsp3) is 0.533. The molecule has 2 rings (SSSR count). The van der Waals surface area contributed by atoms with E-state index in [-0.39, 0.29) is 0 Å². The van der Waals surface area contributed by atoms with Crippen molar-refractivity contribution in [2.24, 2.45) is 0 Å². The van der Waals surface area contributed by atoms with Crippen LogP contribution in [0, 0.1) is 6.92 Å². The van der Waals surface area contributed by atoms with Crippen LogP contribution in [0.5, 0.6) is 5.88 Å². The van der Waals surface area contributed by atoms with Gasteiger partial charge in [-0.05, 0) is 19.8 Å². The minimum Gasteiger partial charge on any atom is -0.477 e. The van der Waals surface area contributed by atoms with Crippen LogP contribution in [0.2, 0.25) is 0 Å². The molecule has 0 fully saturated rings. The molecule has 0 bridgehead atoms. The molecule has 0 saturated carbocycles. The molecule has 6 heteroatoms. The number of hydrogen-bond acceptors (Lipinski definition) is 6. The number of nitrogens with zero attached hydrogens (tertiary/aromatic N) is 3. The monoisotopic (exact) mass is 306 g/mol. The lowest BCUT2D eigenvalue weighted by atomic mass is 10.1. The van der Waals surface area contributed by atoms with Gasteiger partial charge in [-0.25, -0.2) is 15.0 Å². The van der Waals surface area contributed by atoms with E-state index in [1.807, 2.05) is 12.4 Å². The molecular weight excluding hydrogens is 284 g/mol. The topological polar surface area (TPSA) is 59.9 Å². The maximum atomic E-state index is 5.90. The number of anilines is 1. The van der Waals surface area contributed by atoms with Crippen LogP contribution in [-0.2, 0) is 6.42 Å². The zero-order chi connectivity index (χ0) is 15.2. The van der Waals surface area contributed by atoms with Crippen molar-refractivity contribution >= 4 is 17.2 Å². The molecule has 0 aliphatic heterocycles. The van der Waals surface area contributed by atoms with E-state index in [1.165, 1.54) is 4.88 Å². The molecule has 114 valence electrons. The van der Waals surface area contributed by atoms with E-state index in [9.17, 15) is 0 Å². The van der Waals surface area contributed by atoms with Crippen LogP contribution >= 0.6 is 11.3 Å². The number of thiazole rings is 1. The van der Waals surface area contributed by atoms with Gasteiger partial charge in [0.15, 0.2) is 0 Å². The van der Waals surface area contributed by atoms with Crippen molar-refractivity contribution in [3.63, 3.8) is 0 Å². The molecule has 2 aromatic heterocycles. The van der Waals surface area contributed by atoms with Crippen molar-refractivity contribution in [1.82, 2.24) is 15.0 Å². The second-order valence-electron chi connectivity index (χ2n) is 5.09. The fourth-order valence-electron chi connectivity index (χ4n) is 2.13. The lowest BCUT2D eigenvalue weighted by Gasteiger charge is -2.16. The lowest BCUT2D eigenvalue weighted by Crippen LogP contribution is -2.10. The Morgan fingerprint density at radius 2 is 2.10 bits per heavy atom. The normalized spacial score (nSPS) is 10.9. The number of hydrogen-bond donors (Lipinski definition) is 1. The highest BCUT2D eigenvalue weighted by Crippen LogP contribution is 2.30. The second-order valence-corrected chi connectivity index (χ2v) is 6.02. The molecule has 0 saturated heterocycles. The van der Waals surface area contributed by atoms with E-state index < -0.39 is 0 Å². The van der Waals surface area contributed by atoms with E-state index in [0.29, 0.717) is 18.4 Å². The minimum atomic E-state index is 0.306. The second kappa shape index (κ2) is 7.36. The van der Waals surface area contributed by atoms with E-state index in [1.54, 1.807) is 17.7 Å². The van der Waals surface area contributed by atoms with Gasteiger partial charge in [0, 0.05) is 17.8 Å². The number of aromatic nitrogens is 3. The smallest absolute Gasteiger partial charge is 0.222 e. The Morgan fingerprint density at radius 3 is 2.71 bits per heavy atom. The number of rotatable bonds is 7. The molecule has 0 unspecified atom stereocenters. The van der Waals surface area contributed by atoms with Crippen molar-refractivity contribution in [2.45, 2.75) is 40.0 Å². The summed E-state index contributed by atoms with van der Waals surface area (Å²) in [7, 11) is 0. The Morgan fingerprint density at radius 1 is 1.29 bits per heavy atom. The van der Waals surface area contributed by atoms with Crippen LogP contribution in [0.15, 0.2) is 11.8 Å². The van der Waals surface area contributed by atoms with Gasteiger partial charge >= 0.3 is 0 Å². The molecule has 1 N–H and O–H groups in total. The van der Waals surface area contributed by atoms with Gasteiger partial charge in [-0.15, -0.1) is 11.3 Å². The van der Waals surface area contributed by atoms with Gasteiger partial charge in [0.2, 0.25) is 5.88 Å². The summed E-state index contributed by atoms with van der Waals surface area (Å²) in [5.41, 5.74) is 4.00. The highest BCUT2D eigenvalue weighted by molar-refractivity contribution is 7.09. The molecule has 0 aliphatic carbocycles. The lowest BCUT2D eigenvalue weighted by molar-refractivity contribution is 0.305. The Balaban J connectivity index is 2.08. The minimum absolute atomic E-state index is 0.306. The van der Waals surface area contributed by atoms with Gasteiger partial charge in [0.25, 0.3) is 0 Å². The highest BCUT2D eigenvalue weighted by atomic mass is 32.1. The molecule has 0 aromatic carbocycles. The zero-order valence-electron chi connectivity index (χ0n) is 13.0. The summed E-state index contributed by atoms with van der Waals surface area (Å²) in [6, 6.07) is 0. The SMILES string of the molecule is CCNc1ncnc(OCCc2scnc2C)c1C(C)C. The van der Waals surface area contributed by atoms with Gasteiger partial charge in [-0.1, -0.05) is 13.8 Å².